The van der Waals surface area contributed by atoms with Gasteiger partial charge in [-0.2, -0.15) is 0 Å². The van der Waals surface area contributed by atoms with Crippen molar-refractivity contribution in [2.24, 2.45) is 0 Å². The zero-order valence-corrected chi connectivity index (χ0v) is 12.1. The van der Waals surface area contributed by atoms with Crippen LogP contribution in [0.1, 0.15) is 27.0 Å². The van der Waals surface area contributed by atoms with Gasteiger partial charge in [-0.3, -0.25) is 10.1 Å². The Hall–Kier alpha value is -3.13. The van der Waals surface area contributed by atoms with E-state index in [-0.39, 0.29) is 5.69 Å². The van der Waals surface area contributed by atoms with E-state index in [0.717, 1.165) is 5.56 Å². The highest BCUT2D eigenvalue weighted by atomic mass is 16.6. The van der Waals surface area contributed by atoms with Crippen molar-refractivity contribution in [1.29, 1.82) is 0 Å². The van der Waals surface area contributed by atoms with Crippen LogP contribution in [0.15, 0.2) is 42.5 Å². The topological polar surface area (TPSA) is 69.4 Å². The van der Waals surface area contributed by atoms with Gasteiger partial charge in [0.15, 0.2) is 0 Å². The van der Waals surface area contributed by atoms with Gasteiger partial charge >= 0.3 is 5.97 Å². The Morgan fingerprint density at radius 1 is 1.09 bits per heavy atom. The van der Waals surface area contributed by atoms with Gasteiger partial charge in [-0.05, 0) is 43.3 Å². The second-order valence-corrected chi connectivity index (χ2v) is 4.58. The van der Waals surface area contributed by atoms with E-state index < -0.39 is 10.9 Å². The minimum atomic E-state index is -0.419. The largest absolute Gasteiger partial charge is 0.465 e. The Morgan fingerprint density at radius 3 is 2.23 bits per heavy atom. The Bertz CT molecular complexity index is 783. The van der Waals surface area contributed by atoms with Crippen LogP contribution in [0.4, 0.5) is 5.69 Å². The third kappa shape index (κ3) is 3.49. The minimum Gasteiger partial charge on any atom is -0.465 e. The first-order valence-corrected chi connectivity index (χ1v) is 6.46. The summed E-state index contributed by atoms with van der Waals surface area (Å²) in [6, 6.07) is 11.4. The predicted octanol–water partition coefficient (Wildman–Crippen LogP) is 3.09. The summed E-state index contributed by atoms with van der Waals surface area (Å²) in [5.74, 6) is 5.49. The third-order valence-electron chi connectivity index (χ3n) is 3.05. The highest BCUT2D eigenvalue weighted by Crippen LogP contribution is 2.18. The zero-order valence-electron chi connectivity index (χ0n) is 12.1. The van der Waals surface area contributed by atoms with Crippen molar-refractivity contribution in [2.45, 2.75) is 6.92 Å². The summed E-state index contributed by atoms with van der Waals surface area (Å²) in [6.45, 7) is 1.68. The average molecular weight is 295 g/mol. The quantitative estimate of drug-likeness (QED) is 0.369. The molecule has 0 unspecified atom stereocenters. The van der Waals surface area contributed by atoms with E-state index in [0.29, 0.717) is 16.7 Å². The molecular formula is C17H13NO4. The SMILES string of the molecule is COC(=O)c1ccc(C#Cc2ccc([N+](=O)[O-])c(C)c2)cc1. The molecule has 0 heterocycles. The standard InChI is InChI=1S/C17H13NO4/c1-12-11-14(7-10-16(12)18(20)21)4-3-13-5-8-15(9-6-13)17(19)22-2/h5-11H,1-2H3. The van der Waals surface area contributed by atoms with E-state index in [1.807, 2.05) is 0 Å². The third-order valence-corrected chi connectivity index (χ3v) is 3.05. The summed E-state index contributed by atoms with van der Waals surface area (Å²) in [7, 11) is 1.33. The summed E-state index contributed by atoms with van der Waals surface area (Å²) in [5, 5.41) is 10.8. The number of carbonyl (C=O) groups is 1. The number of carbonyl (C=O) groups excluding carboxylic acids is 1. The highest BCUT2D eigenvalue weighted by molar-refractivity contribution is 5.89. The van der Waals surface area contributed by atoms with Crippen LogP contribution in [0.25, 0.3) is 0 Å². The summed E-state index contributed by atoms with van der Waals surface area (Å²) >= 11 is 0. The lowest BCUT2D eigenvalue weighted by Crippen LogP contribution is -2.00. The van der Waals surface area contributed by atoms with Gasteiger partial charge in [0, 0.05) is 22.8 Å². The highest BCUT2D eigenvalue weighted by Gasteiger charge is 2.09. The molecule has 0 bridgehead atoms. The van der Waals surface area contributed by atoms with Crippen LogP contribution in [0.3, 0.4) is 0 Å². The van der Waals surface area contributed by atoms with E-state index in [9.17, 15) is 14.9 Å². The molecule has 5 nitrogen and oxygen atoms in total. The van der Waals surface area contributed by atoms with Gasteiger partial charge in [0.1, 0.15) is 0 Å². The monoisotopic (exact) mass is 295 g/mol. The smallest absolute Gasteiger partial charge is 0.337 e. The molecule has 0 saturated heterocycles. The van der Waals surface area contributed by atoms with Crippen LogP contribution in [-0.4, -0.2) is 18.0 Å². The normalized spacial score (nSPS) is 9.55. The van der Waals surface area contributed by atoms with Crippen LogP contribution in [-0.2, 0) is 4.74 Å². The molecule has 22 heavy (non-hydrogen) atoms. The van der Waals surface area contributed by atoms with E-state index in [1.165, 1.54) is 13.2 Å². The second-order valence-electron chi connectivity index (χ2n) is 4.58. The van der Waals surface area contributed by atoms with Gasteiger partial charge in [0.25, 0.3) is 5.69 Å². The second kappa shape index (κ2) is 6.55. The number of nitro benzene ring substituents is 1. The number of methoxy groups -OCH3 is 1. The fourth-order valence-electron chi connectivity index (χ4n) is 1.89. The number of nitro groups is 1. The van der Waals surface area contributed by atoms with Crippen molar-refractivity contribution >= 4 is 11.7 Å². The molecular weight excluding hydrogens is 282 g/mol. The molecule has 2 aromatic carbocycles. The first-order chi connectivity index (χ1) is 10.5. The van der Waals surface area contributed by atoms with Gasteiger partial charge in [-0.25, -0.2) is 4.79 Å². The lowest BCUT2D eigenvalue weighted by Gasteiger charge is -1.98. The van der Waals surface area contributed by atoms with E-state index in [2.05, 4.69) is 16.6 Å². The van der Waals surface area contributed by atoms with Crippen molar-refractivity contribution in [3.05, 3.63) is 74.8 Å². The number of aryl methyl sites for hydroxylation is 1. The molecule has 0 radical (unpaired) electrons. The van der Waals surface area contributed by atoms with Gasteiger partial charge < -0.3 is 4.74 Å². The van der Waals surface area contributed by atoms with Crippen LogP contribution >= 0.6 is 0 Å². The Morgan fingerprint density at radius 2 is 1.68 bits per heavy atom. The van der Waals surface area contributed by atoms with Crippen LogP contribution in [0.5, 0.6) is 0 Å². The van der Waals surface area contributed by atoms with Crippen molar-refractivity contribution in [3.63, 3.8) is 0 Å². The lowest BCUT2D eigenvalue weighted by atomic mass is 10.1. The van der Waals surface area contributed by atoms with Gasteiger partial charge in [-0.1, -0.05) is 11.8 Å². The summed E-state index contributed by atoms with van der Waals surface area (Å²) in [4.78, 5) is 21.7. The van der Waals surface area contributed by atoms with Crippen LogP contribution < -0.4 is 0 Å². The van der Waals surface area contributed by atoms with Gasteiger partial charge in [-0.15, -0.1) is 0 Å². The number of hydrogen-bond donors (Lipinski definition) is 0. The van der Waals surface area contributed by atoms with Crippen LogP contribution in [0, 0.1) is 28.9 Å². The van der Waals surface area contributed by atoms with E-state index in [1.54, 1.807) is 43.3 Å². The molecule has 0 aromatic heterocycles. The number of rotatable bonds is 2. The maximum absolute atomic E-state index is 11.3. The predicted molar refractivity (Wildman–Crippen MR) is 81.6 cm³/mol. The number of esters is 1. The fourth-order valence-corrected chi connectivity index (χ4v) is 1.89. The summed E-state index contributed by atoms with van der Waals surface area (Å²) in [6.07, 6.45) is 0. The summed E-state index contributed by atoms with van der Waals surface area (Å²) < 4.78 is 4.62. The van der Waals surface area contributed by atoms with Crippen molar-refractivity contribution in [3.8, 4) is 11.8 Å². The molecule has 2 aromatic rings. The van der Waals surface area contributed by atoms with Crippen LogP contribution in [0.2, 0.25) is 0 Å². The number of hydrogen-bond acceptors (Lipinski definition) is 4. The van der Waals surface area contributed by atoms with E-state index in [4.69, 9.17) is 0 Å². The molecule has 0 saturated carbocycles. The zero-order chi connectivity index (χ0) is 16.1. The molecule has 0 spiro atoms. The lowest BCUT2D eigenvalue weighted by molar-refractivity contribution is -0.385. The molecule has 0 fully saturated rings. The maximum atomic E-state index is 11.3. The molecule has 0 N–H and O–H groups in total. The molecule has 5 heteroatoms. The Kier molecular flexibility index (Phi) is 4.54. The maximum Gasteiger partial charge on any atom is 0.337 e. The molecule has 110 valence electrons. The average Bonchev–Trinajstić information content (AvgIpc) is 2.52. The van der Waals surface area contributed by atoms with E-state index >= 15 is 0 Å². The van der Waals surface area contributed by atoms with Crippen molar-refractivity contribution < 1.29 is 14.5 Å². The minimum absolute atomic E-state index is 0.0768. The first kappa shape index (κ1) is 15.3. The molecule has 0 aliphatic heterocycles. The molecule has 0 amide bonds. The number of ether oxygens (including phenoxy) is 1. The molecule has 0 atom stereocenters. The first-order valence-electron chi connectivity index (χ1n) is 6.46. The Labute approximate surface area is 127 Å². The number of nitrogens with zero attached hydrogens (tertiary/aromatic N) is 1. The molecule has 0 aliphatic carbocycles. The van der Waals surface area contributed by atoms with Gasteiger partial charge in [0.05, 0.1) is 17.6 Å². The van der Waals surface area contributed by atoms with Crippen molar-refractivity contribution in [2.75, 3.05) is 7.11 Å². The number of benzene rings is 2. The Balaban J connectivity index is 2.21. The fraction of sp³-hybridized carbons (Fsp3) is 0.118. The van der Waals surface area contributed by atoms with Gasteiger partial charge in [0.2, 0.25) is 0 Å². The molecule has 2 rings (SSSR count). The van der Waals surface area contributed by atoms with Crippen molar-refractivity contribution in [1.82, 2.24) is 0 Å². The molecule has 0 aliphatic rings. The summed E-state index contributed by atoms with van der Waals surface area (Å²) in [5.41, 5.74) is 2.54.